The molecule has 8 heteroatoms. The predicted octanol–water partition coefficient (Wildman–Crippen LogP) is 3.02. The summed E-state index contributed by atoms with van der Waals surface area (Å²) >= 11 is 1.22. The van der Waals surface area contributed by atoms with Crippen LogP contribution in [0, 0.1) is 0 Å². The summed E-state index contributed by atoms with van der Waals surface area (Å²) in [6, 6.07) is 12.5. The van der Waals surface area contributed by atoms with Crippen LogP contribution in [0.2, 0.25) is 0 Å². The van der Waals surface area contributed by atoms with E-state index in [0.29, 0.717) is 22.9 Å². The van der Waals surface area contributed by atoms with Crippen molar-refractivity contribution in [1.82, 2.24) is 0 Å². The second-order valence-electron chi connectivity index (χ2n) is 5.37. The number of hydrogen-bond donors (Lipinski definition) is 2. The lowest BCUT2D eigenvalue weighted by Gasteiger charge is -2.14. The van der Waals surface area contributed by atoms with Gasteiger partial charge in [0, 0.05) is 23.5 Å². The number of benzene rings is 2. The van der Waals surface area contributed by atoms with Crippen molar-refractivity contribution in [2.75, 3.05) is 43.5 Å². The van der Waals surface area contributed by atoms with Gasteiger partial charge in [-0.05, 0) is 12.1 Å². The first-order valence-electron chi connectivity index (χ1n) is 8.10. The minimum absolute atomic E-state index is 0.138. The first-order valence-corrected chi connectivity index (χ1v) is 9.25. The van der Waals surface area contributed by atoms with Crippen molar-refractivity contribution in [1.29, 1.82) is 0 Å². The fraction of sp³-hybridized carbons (Fsp3) is 0.263. The maximum Gasteiger partial charge on any atom is 0.234 e. The maximum atomic E-state index is 12.1. The quantitative estimate of drug-likeness (QED) is 0.685. The van der Waals surface area contributed by atoms with Gasteiger partial charge in [-0.1, -0.05) is 18.2 Å². The second kappa shape index (κ2) is 10.3. The zero-order chi connectivity index (χ0) is 19.6. The Bertz CT molecular complexity index is 758. The minimum Gasteiger partial charge on any atom is -0.493 e. The largest absolute Gasteiger partial charge is 0.493 e. The molecule has 0 saturated carbocycles. The zero-order valence-electron chi connectivity index (χ0n) is 15.4. The van der Waals surface area contributed by atoms with Gasteiger partial charge >= 0.3 is 0 Å². The highest BCUT2D eigenvalue weighted by atomic mass is 32.2. The lowest BCUT2D eigenvalue weighted by molar-refractivity contribution is -0.114. The summed E-state index contributed by atoms with van der Waals surface area (Å²) < 4.78 is 15.8. The molecule has 144 valence electrons. The molecule has 0 fully saturated rings. The first kappa shape index (κ1) is 20.4. The van der Waals surface area contributed by atoms with Crippen LogP contribution in [0.15, 0.2) is 42.5 Å². The molecule has 2 aromatic rings. The van der Waals surface area contributed by atoms with Gasteiger partial charge in [0.15, 0.2) is 11.5 Å². The number of carbonyl (C=O) groups is 2. The molecule has 0 atom stereocenters. The fourth-order valence-corrected chi connectivity index (χ4v) is 2.92. The van der Waals surface area contributed by atoms with Crippen molar-refractivity contribution in [3.8, 4) is 17.2 Å². The number of ether oxygens (including phenoxy) is 3. The lowest BCUT2D eigenvalue weighted by Crippen LogP contribution is -2.18. The second-order valence-corrected chi connectivity index (χ2v) is 6.35. The van der Waals surface area contributed by atoms with E-state index < -0.39 is 0 Å². The number of rotatable bonds is 9. The summed E-state index contributed by atoms with van der Waals surface area (Å²) in [5, 5.41) is 5.53. The van der Waals surface area contributed by atoms with E-state index in [-0.39, 0.29) is 23.3 Å². The molecule has 0 radical (unpaired) electrons. The topological polar surface area (TPSA) is 85.9 Å². The Hall–Kier alpha value is -2.87. The van der Waals surface area contributed by atoms with Gasteiger partial charge < -0.3 is 24.8 Å². The van der Waals surface area contributed by atoms with Gasteiger partial charge in [0.2, 0.25) is 17.6 Å². The van der Waals surface area contributed by atoms with E-state index in [2.05, 4.69) is 10.6 Å². The van der Waals surface area contributed by atoms with E-state index in [0.717, 1.165) is 5.69 Å². The first-order chi connectivity index (χ1) is 13.1. The molecule has 2 aromatic carbocycles. The molecular formula is C19H22N2O5S. The van der Waals surface area contributed by atoms with Crippen LogP contribution in [0.4, 0.5) is 11.4 Å². The van der Waals surface area contributed by atoms with Gasteiger partial charge in [-0.25, -0.2) is 0 Å². The van der Waals surface area contributed by atoms with Crippen LogP contribution in [-0.2, 0) is 9.59 Å². The summed E-state index contributed by atoms with van der Waals surface area (Å²) in [5.74, 6) is 1.26. The molecule has 0 spiro atoms. The summed E-state index contributed by atoms with van der Waals surface area (Å²) in [6.45, 7) is 0. The van der Waals surface area contributed by atoms with Crippen molar-refractivity contribution in [2.24, 2.45) is 0 Å². The van der Waals surface area contributed by atoms with Crippen LogP contribution in [0.5, 0.6) is 17.2 Å². The van der Waals surface area contributed by atoms with Crippen molar-refractivity contribution < 1.29 is 23.8 Å². The van der Waals surface area contributed by atoms with Gasteiger partial charge in [0.1, 0.15) is 0 Å². The molecule has 2 amide bonds. The maximum absolute atomic E-state index is 12.1. The molecule has 0 aliphatic rings. The summed E-state index contributed by atoms with van der Waals surface area (Å²) in [4.78, 5) is 24.0. The van der Waals surface area contributed by atoms with E-state index in [4.69, 9.17) is 14.2 Å². The molecule has 27 heavy (non-hydrogen) atoms. The molecular weight excluding hydrogens is 368 g/mol. The molecule has 0 aliphatic heterocycles. The highest BCUT2D eigenvalue weighted by Gasteiger charge is 2.14. The molecule has 0 heterocycles. The average Bonchev–Trinajstić information content (AvgIpc) is 2.67. The summed E-state index contributed by atoms with van der Waals surface area (Å²) in [7, 11) is 4.52. The van der Waals surface area contributed by atoms with Crippen LogP contribution in [-0.4, -0.2) is 44.6 Å². The van der Waals surface area contributed by atoms with Gasteiger partial charge in [0.05, 0.1) is 32.8 Å². The molecule has 2 N–H and O–H groups in total. The molecule has 7 nitrogen and oxygen atoms in total. The Balaban J connectivity index is 1.86. The normalized spacial score (nSPS) is 10.0. The summed E-state index contributed by atoms with van der Waals surface area (Å²) in [6.07, 6.45) is 0. The SMILES string of the molecule is COc1cc(NC(=O)CSCC(=O)Nc2ccccc2)cc(OC)c1OC. The molecule has 0 unspecified atom stereocenters. The fourth-order valence-electron chi connectivity index (χ4n) is 2.31. The van der Waals surface area contributed by atoms with Gasteiger partial charge in [0.25, 0.3) is 0 Å². The number of anilines is 2. The van der Waals surface area contributed by atoms with Crippen molar-refractivity contribution in [3.05, 3.63) is 42.5 Å². The minimum atomic E-state index is -0.234. The third-order valence-corrected chi connectivity index (χ3v) is 4.40. The number of methoxy groups -OCH3 is 3. The Kier molecular flexibility index (Phi) is 7.81. The van der Waals surface area contributed by atoms with Crippen LogP contribution >= 0.6 is 11.8 Å². The Labute approximate surface area is 162 Å². The Morgan fingerprint density at radius 1 is 0.815 bits per heavy atom. The van der Waals surface area contributed by atoms with E-state index >= 15 is 0 Å². The lowest BCUT2D eigenvalue weighted by atomic mass is 10.2. The Morgan fingerprint density at radius 3 is 1.81 bits per heavy atom. The van der Waals surface area contributed by atoms with Crippen LogP contribution in [0.3, 0.4) is 0 Å². The molecule has 0 aliphatic carbocycles. The van der Waals surface area contributed by atoms with Crippen molar-refractivity contribution in [2.45, 2.75) is 0 Å². The van der Waals surface area contributed by atoms with Gasteiger partial charge in [-0.15, -0.1) is 11.8 Å². The van der Waals surface area contributed by atoms with Crippen LogP contribution in [0.25, 0.3) is 0 Å². The smallest absolute Gasteiger partial charge is 0.234 e. The van der Waals surface area contributed by atoms with E-state index in [1.54, 1.807) is 24.3 Å². The molecule has 0 bridgehead atoms. The average molecular weight is 390 g/mol. The van der Waals surface area contributed by atoms with E-state index in [1.165, 1.54) is 33.1 Å². The summed E-state index contributed by atoms with van der Waals surface area (Å²) in [5.41, 5.74) is 1.24. The Morgan fingerprint density at radius 2 is 1.33 bits per heavy atom. The number of hydrogen-bond acceptors (Lipinski definition) is 6. The monoisotopic (exact) mass is 390 g/mol. The van der Waals surface area contributed by atoms with Crippen molar-refractivity contribution in [3.63, 3.8) is 0 Å². The highest BCUT2D eigenvalue weighted by Crippen LogP contribution is 2.39. The number of thioether (sulfide) groups is 1. The number of para-hydroxylation sites is 1. The number of nitrogens with one attached hydrogen (secondary N) is 2. The molecule has 2 rings (SSSR count). The highest BCUT2D eigenvalue weighted by molar-refractivity contribution is 8.00. The van der Waals surface area contributed by atoms with Crippen molar-refractivity contribution >= 4 is 35.0 Å². The number of carbonyl (C=O) groups excluding carboxylic acids is 2. The van der Waals surface area contributed by atoms with E-state index in [9.17, 15) is 9.59 Å². The molecule has 0 saturated heterocycles. The molecule has 0 aromatic heterocycles. The third kappa shape index (κ3) is 6.10. The van der Waals surface area contributed by atoms with Gasteiger partial charge in [-0.3, -0.25) is 9.59 Å². The van der Waals surface area contributed by atoms with Gasteiger partial charge in [-0.2, -0.15) is 0 Å². The standard InChI is InChI=1S/C19H22N2O5S/c1-24-15-9-14(10-16(25-2)19(15)26-3)21-18(23)12-27-11-17(22)20-13-7-5-4-6-8-13/h4-10H,11-12H2,1-3H3,(H,20,22)(H,21,23). The third-order valence-electron chi connectivity index (χ3n) is 3.47. The predicted molar refractivity (Wildman–Crippen MR) is 107 cm³/mol. The zero-order valence-corrected chi connectivity index (χ0v) is 16.2. The number of amides is 2. The van der Waals surface area contributed by atoms with Crippen LogP contribution in [0.1, 0.15) is 0 Å². The van der Waals surface area contributed by atoms with E-state index in [1.807, 2.05) is 18.2 Å². The van der Waals surface area contributed by atoms with Crippen LogP contribution < -0.4 is 24.8 Å².